The Morgan fingerprint density at radius 3 is 2.73 bits per heavy atom. The van der Waals surface area contributed by atoms with Crippen molar-refractivity contribution in [3.05, 3.63) is 17.5 Å². The van der Waals surface area contributed by atoms with Crippen molar-refractivity contribution in [3.63, 3.8) is 0 Å². The molecule has 0 fully saturated rings. The number of nitrogens with two attached hydrogens (primary N) is 1. The zero-order valence-electron chi connectivity index (χ0n) is 9.53. The van der Waals surface area contributed by atoms with Crippen LogP contribution in [0.4, 0.5) is 0 Å². The lowest BCUT2D eigenvalue weighted by Crippen LogP contribution is -2.20. The first kappa shape index (κ1) is 11.9. The van der Waals surface area contributed by atoms with E-state index in [1.807, 2.05) is 32.0 Å². The molecule has 0 aliphatic carbocycles. The third-order valence-corrected chi connectivity index (χ3v) is 1.87. The molecule has 0 amide bonds. The van der Waals surface area contributed by atoms with Gasteiger partial charge in [0, 0.05) is 18.8 Å². The van der Waals surface area contributed by atoms with Crippen molar-refractivity contribution >= 4 is 0 Å². The predicted molar refractivity (Wildman–Crippen MR) is 58.7 cm³/mol. The molecule has 0 aliphatic rings. The van der Waals surface area contributed by atoms with Gasteiger partial charge in [-0.15, -0.1) is 0 Å². The molecule has 0 radical (unpaired) electrons. The second-order valence-electron chi connectivity index (χ2n) is 3.64. The highest BCUT2D eigenvalue weighted by atomic mass is 16.5. The number of likely N-dealkylation sites (N-methyl/N-ethyl adjacent to an activating group) is 1. The molecule has 1 rings (SSSR count). The summed E-state index contributed by atoms with van der Waals surface area (Å²) in [4.78, 5) is 10.4. The van der Waals surface area contributed by atoms with E-state index < -0.39 is 0 Å². The van der Waals surface area contributed by atoms with Crippen LogP contribution in [0.25, 0.3) is 0 Å². The van der Waals surface area contributed by atoms with Crippen LogP contribution >= 0.6 is 0 Å². The normalized spacial score (nSPS) is 10.7. The van der Waals surface area contributed by atoms with E-state index in [-0.39, 0.29) is 0 Å². The van der Waals surface area contributed by atoms with E-state index in [1.54, 1.807) is 0 Å². The van der Waals surface area contributed by atoms with Gasteiger partial charge in [-0.3, -0.25) is 0 Å². The fourth-order valence-electron chi connectivity index (χ4n) is 1.09. The summed E-state index contributed by atoms with van der Waals surface area (Å²) >= 11 is 0. The van der Waals surface area contributed by atoms with Crippen molar-refractivity contribution in [2.24, 2.45) is 5.73 Å². The fourth-order valence-corrected chi connectivity index (χ4v) is 1.09. The molecule has 2 N–H and O–H groups in total. The lowest BCUT2D eigenvalue weighted by atomic mass is 10.3. The summed E-state index contributed by atoms with van der Waals surface area (Å²) in [5.41, 5.74) is 7.20. The second-order valence-corrected chi connectivity index (χ2v) is 3.64. The number of nitrogens with zero attached hydrogens (tertiary/aromatic N) is 3. The number of rotatable bonds is 5. The molecule has 15 heavy (non-hydrogen) atoms. The van der Waals surface area contributed by atoms with Crippen molar-refractivity contribution in [3.8, 4) is 6.01 Å². The van der Waals surface area contributed by atoms with E-state index in [9.17, 15) is 0 Å². The van der Waals surface area contributed by atoms with Crippen molar-refractivity contribution in [1.29, 1.82) is 0 Å². The third kappa shape index (κ3) is 4.22. The number of hydrogen-bond acceptors (Lipinski definition) is 5. The Morgan fingerprint density at radius 1 is 1.40 bits per heavy atom. The van der Waals surface area contributed by atoms with Gasteiger partial charge in [0.1, 0.15) is 6.61 Å². The highest BCUT2D eigenvalue weighted by molar-refractivity contribution is 5.12. The Labute approximate surface area is 90.3 Å². The Bertz CT molecular complexity index is 314. The van der Waals surface area contributed by atoms with Gasteiger partial charge in [0.2, 0.25) is 0 Å². The Balaban J connectivity index is 2.56. The van der Waals surface area contributed by atoms with Crippen LogP contribution in [0.2, 0.25) is 0 Å². The molecule has 0 aliphatic heterocycles. The Kier molecular flexibility index (Phi) is 4.45. The molecular weight excluding hydrogens is 192 g/mol. The molecule has 84 valence electrons. The van der Waals surface area contributed by atoms with Gasteiger partial charge in [-0.05, 0) is 27.1 Å². The van der Waals surface area contributed by atoms with Crippen LogP contribution < -0.4 is 10.5 Å². The first-order valence-corrected chi connectivity index (χ1v) is 4.94. The maximum absolute atomic E-state index is 5.51. The molecule has 0 unspecified atom stereocenters. The smallest absolute Gasteiger partial charge is 0.316 e. The van der Waals surface area contributed by atoms with E-state index in [2.05, 4.69) is 9.97 Å². The molecule has 0 spiro atoms. The van der Waals surface area contributed by atoms with Gasteiger partial charge in [-0.2, -0.15) is 4.98 Å². The molecule has 0 saturated heterocycles. The van der Waals surface area contributed by atoms with E-state index in [1.165, 1.54) is 0 Å². The average molecular weight is 210 g/mol. The highest BCUT2D eigenvalue weighted by Crippen LogP contribution is 2.06. The van der Waals surface area contributed by atoms with Crippen LogP contribution in [0.3, 0.4) is 0 Å². The largest absolute Gasteiger partial charge is 0.462 e. The van der Waals surface area contributed by atoms with Crippen LogP contribution in [0.1, 0.15) is 11.4 Å². The van der Waals surface area contributed by atoms with E-state index in [4.69, 9.17) is 10.5 Å². The van der Waals surface area contributed by atoms with Crippen molar-refractivity contribution in [1.82, 2.24) is 14.9 Å². The summed E-state index contributed by atoms with van der Waals surface area (Å²) in [6.45, 7) is 3.74. The zero-order chi connectivity index (χ0) is 11.3. The van der Waals surface area contributed by atoms with Gasteiger partial charge < -0.3 is 15.4 Å². The fraction of sp³-hybridized carbons (Fsp3) is 0.600. The minimum absolute atomic E-state index is 0.410. The van der Waals surface area contributed by atoms with Crippen LogP contribution in [0.15, 0.2) is 6.07 Å². The average Bonchev–Trinajstić information content (AvgIpc) is 2.16. The minimum atomic E-state index is 0.410. The molecule has 1 aromatic rings. The van der Waals surface area contributed by atoms with Crippen molar-refractivity contribution in [2.75, 3.05) is 27.2 Å². The third-order valence-electron chi connectivity index (χ3n) is 1.87. The second kappa shape index (κ2) is 5.63. The molecule has 5 nitrogen and oxygen atoms in total. The van der Waals surface area contributed by atoms with E-state index in [0.29, 0.717) is 19.2 Å². The summed E-state index contributed by atoms with van der Waals surface area (Å²) in [5.74, 6) is 0. The Hall–Kier alpha value is -1.20. The topological polar surface area (TPSA) is 64.3 Å². The standard InChI is InChI=1S/C10H18N4O/c1-8-6-9(7-11)13-10(12-8)15-5-4-14(2)3/h6H,4-5,7,11H2,1-3H3. The molecule has 1 heterocycles. The van der Waals surface area contributed by atoms with Crippen LogP contribution in [-0.2, 0) is 6.54 Å². The molecule has 1 aromatic heterocycles. The summed E-state index contributed by atoms with van der Waals surface area (Å²) in [6.07, 6.45) is 0. The minimum Gasteiger partial charge on any atom is -0.462 e. The monoisotopic (exact) mass is 210 g/mol. The molecule has 0 atom stereocenters. The number of hydrogen-bond donors (Lipinski definition) is 1. The van der Waals surface area contributed by atoms with E-state index in [0.717, 1.165) is 17.9 Å². The van der Waals surface area contributed by atoms with Crippen molar-refractivity contribution in [2.45, 2.75) is 13.5 Å². The maximum Gasteiger partial charge on any atom is 0.316 e. The predicted octanol–water partition coefficient (Wildman–Crippen LogP) is 0.184. The first-order valence-electron chi connectivity index (χ1n) is 4.94. The SMILES string of the molecule is Cc1cc(CN)nc(OCCN(C)C)n1. The first-order chi connectivity index (χ1) is 7.11. The van der Waals surface area contributed by atoms with Crippen LogP contribution in [0, 0.1) is 6.92 Å². The summed E-state index contributed by atoms with van der Waals surface area (Å²) in [5, 5.41) is 0. The number of ether oxygens (including phenoxy) is 1. The van der Waals surface area contributed by atoms with Crippen LogP contribution in [-0.4, -0.2) is 42.1 Å². The van der Waals surface area contributed by atoms with Gasteiger partial charge in [0.25, 0.3) is 0 Å². The molecule has 0 aromatic carbocycles. The molecular formula is C10H18N4O. The van der Waals surface area contributed by atoms with Gasteiger partial charge >= 0.3 is 6.01 Å². The van der Waals surface area contributed by atoms with Gasteiger partial charge in [0.15, 0.2) is 0 Å². The summed E-state index contributed by atoms with van der Waals surface area (Å²) in [6, 6.07) is 2.27. The highest BCUT2D eigenvalue weighted by Gasteiger charge is 2.02. The molecule has 5 heteroatoms. The van der Waals surface area contributed by atoms with Gasteiger partial charge in [-0.25, -0.2) is 4.98 Å². The zero-order valence-corrected chi connectivity index (χ0v) is 9.53. The number of aromatic nitrogens is 2. The summed E-state index contributed by atoms with van der Waals surface area (Å²) < 4.78 is 5.42. The lowest BCUT2D eigenvalue weighted by molar-refractivity contribution is 0.244. The Morgan fingerprint density at radius 2 is 2.13 bits per heavy atom. The van der Waals surface area contributed by atoms with Gasteiger partial charge in [0.05, 0.1) is 5.69 Å². The maximum atomic E-state index is 5.51. The molecule has 0 saturated carbocycles. The van der Waals surface area contributed by atoms with E-state index >= 15 is 0 Å². The lowest BCUT2D eigenvalue weighted by Gasteiger charge is -2.10. The molecule has 0 bridgehead atoms. The summed E-state index contributed by atoms with van der Waals surface area (Å²) in [7, 11) is 3.98. The quantitative estimate of drug-likeness (QED) is 0.751. The van der Waals surface area contributed by atoms with Crippen LogP contribution in [0.5, 0.6) is 6.01 Å². The van der Waals surface area contributed by atoms with Gasteiger partial charge in [-0.1, -0.05) is 0 Å². The van der Waals surface area contributed by atoms with Crippen molar-refractivity contribution < 1.29 is 4.74 Å². The number of aryl methyl sites for hydroxylation is 1.